The summed E-state index contributed by atoms with van der Waals surface area (Å²) < 4.78 is 38.6. The molecule has 1 aromatic carbocycles. The summed E-state index contributed by atoms with van der Waals surface area (Å²) in [5.41, 5.74) is 0.828. The molecule has 2 rings (SSSR count). The first-order chi connectivity index (χ1) is 9.78. The number of halogens is 4. The minimum absolute atomic E-state index is 0.213. The molecule has 0 atom stereocenters. The first kappa shape index (κ1) is 16.0. The van der Waals surface area contributed by atoms with Crippen LogP contribution in [0.25, 0.3) is 11.0 Å². The lowest BCUT2D eigenvalue weighted by Gasteiger charge is -2.11. The molecular formula is C12H10ClF3N2O2S. The number of para-hydroxylation sites is 1. The summed E-state index contributed by atoms with van der Waals surface area (Å²) in [4.78, 5) is 14.8. The van der Waals surface area contributed by atoms with Gasteiger partial charge in [-0.25, -0.2) is 4.98 Å². The van der Waals surface area contributed by atoms with Crippen molar-refractivity contribution in [3.05, 3.63) is 23.2 Å². The zero-order valence-corrected chi connectivity index (χ0v) is 12.1. The van der Waals surface area contributed by atoms with E-state index >= 15 is 0 Å². The molecule has 114 valence electrons. The van der Waals surface area contributed by atoms with E-state index in [1.807, 2.05) is 0 Å². The number of imidazole rings is 1. The molecular weight excluding hydrogens is 329 g/mol. The molecule has 0 saturated carbocycles. The van der Waals surface area contributed by atoms with Crippen LogP contribution in [0.15, 0.2) is 23.4 Å². The van der Waals surface area contributed by atoms with Gasteiger partial charge in [0.05, 0.1) is 28.2 Å². The second kappa shape index (κ2) is 6.15. The van der Waals surface area contributed by atoms with Gasteiger partial charge in [-0.1, -0.05) is 29.4 Å². The number of benzene rings is 1. The van der Waals surface area contributed by atoms with Crippen LogP contribution in [-0.2, 0) is 11.3 Å². The third kappa shape index (κ3) is 4.04. The molecule has 0 amide bonds. The highest BCUT2D eigenvalue weighted by molar-refractivity contribution is 7.99. The molecule has 1 heterocycles. The number of hydrogen-bond donors (Lipinski definition) is 1. The van der Waals surface area contributed by atoms with Gasteiger partial charge in [-0.3, -0.25) is 4.79 Å². The molecule has 0 spiro atoms. The molecule has 0 unspecified atom stereocenters. The monoisotopic (exact) mass is 338 g/mol. The Hall–Kier alpha value is -1.41. The molecule has 0 saturated heterocycles. The molecule has 1 aromatic heterocycles. The summed E-state index contributed by atoms with van der Waals surface area (Å²) in [6.07, 6.45) is -5.35. The minimum atomic E-state index is -4.31. The summed E-state index contributed by atoms with van der Waals surface area (Å²) in [6, 6.07) is 4.81. The number of hydrogen-bond acceptors (Lipinski definition) is 3. The van der Waals surface area contributed by atoms with Crippen LogP contribution < -0.4 is 0 Å². The number of alkyl halides is 3. The summed E-state index contributed by atoms with van der Waals surface area (Å²) in [7, 11) is 0. The largest absolute Gasteiger partial charge is 0.481 e. The number of rotatable bonds is 5. The summed E-state index contributed by atoms with van der Waals surface area (Å²) in [5, 5.41) is 9.18. The Labute approximate surface area is 126 Å². The van der Waals surface area contributed by atoms with Crippen molar-refractivity contribution in [2.45, 2.75) is 24.3 Å². The van der Waals surface area contributed by atoms with Gasteiger partial charge in [0.2, 0.25) is 0 Å². The highest BCUT2D eigenvalue weighted by Gasteiger charge is 2.28. The number of aryl methyl sites for hydroxylation is 1. The van der Waals surface area contributed by atoms with Gasteiger partial charge in [-0.05, 0) is 12.1 Å². The maximum absolute atomic E-state index is 12.4. The van der Waals surface area contributed by atoms with Crippen molar-refractivity contribution in [2.24, 2.45) is 0 Å². The maximum Gasteiger partial charge on any atom is 0.390 e. The lowest BCUT2D eigenvalue weighted by molar-refractivity contribution is -0.137. The van der Waals surface area contributed by atoms with Crippen LogP contribution >= 0.6 is 23.4 Å². The Kier molecular flexibility index (Phi) is 4.67. The fourth-order valence-electron chi connectivity index (χ4n) is 1.80. The summed E-state index contributed by atoms with van der Waals surface area (Å²) >= 11 is 6.89. The van der Waals surface area contributed by atoms with E-state index in [4.69, 9.17) is 16.7 Å². The summed E-state index contributed by atoms with van der Waals surface area (Å²) in [5.74, 6) is -1.35. The van der Waals surface area contributed by atoms with Gasteiger partial charge in [-0.15, -0.1) is 0 Å². The average molecular weight is 339 g/mol. The van der Waals surface area contributed by atoms with Gasteiger partial charge in [-0.2, -0.15) is 13.2 Å². The zero-order chi connectivity index (χ0) is 15.6. The molecule has 1 N–H and O–H groups in total. The van der Waals surface area contributed by atoms with Gasteiger partial charge in [0.15, 0.2) is 5.16 Å². The Morgan fingerprint density at radius 1 is 1.43 bits per heavy atom. The smallest absolute Gasteiger partial charge is 0.390 e. The average Bonchev–Trinajstić information content (AvgIpc) is 2.72. The van der Waals surface area contributed by atoms with Crippen molar-refractivity contribution in [1.29, 1.82) is 0 Å². The van der Waals surface area contributed by atoms with Crippen molar-refractivity contribution in [2.75, 3.05) is 5.75 Å². The Morgan fingerprint density at radius 3 is 2.76 bits per heavy atom. The Balaban J connectivity index is 2.41. The molecule has 4 nitrogen and oxygen atoms in total. The van der Waals surface area contributed by atoms with E-state index < -0.39 is 18.6 Å². The van der Waals surface area contributed by atoms with Crippen LogP contribution in [0.3, 0.4) is 0 Å². The SMILES string of the molecule is O=C(O)CSc1nc2cccc(Cl)c2n1CCC(F)(F)F. The molecule has 0 aliphatic carbocycles. The quantitative estimate of drug-likeness (QED) is 0.842. The van der Waals surface area contributed by atoms with Crippen LogP contribution in [0.1, 0.15) is 6.42 Å². The topological polar surface area (TPSA) is 55.1 Å². The fourth-order valence-corrected chi connectivity index (χ4v) is 2.83. The Bertz CT molecular complexity index is 672. The number of aliphatic carboxylic acids is 1. The number of carboxylic acids is 1. The number of fused-ring (bicyclic) bond motifs is 1. The number of thioether (sulfide) groups is 1. The van der Waals surface area contributed by atoms with Crippen molar-refractivity contribution >= 4 is 40.4 Å². The van der Waals surface area contributed by atoms with Crippen molar-refractivity contribution in [1.82, 2.24) is 9.55 Å². The van der Waals surface area contributed by atoms with Gasteiger partial charge in [0, 0.05) is 6.54 Å². The molecule has 0 aliphatic heterocycles. The van der Waals surface area contributed by atoms with E-state index in [1.165, 1.54) is 4.57 Å². The highest BCUT2D eigenvalue weighted by Crippen LogP contribution is 2.31. The van der Waals surface area contributed by atoms with Crippen LogP contribution in [0.5, 0.6) is 0 Å². The van der Waals surface area contributed by atoms with E-state index in [0.29, 0.717) is 11.0 Å². The van der Waals surface area contributed by atoms with E-state index in [1.54, 1.807) is 18.2 Å². The molecule has 0 radical (unpaired) electrons. The molecule has 9 heteroatoms. The van der Waals surface area contributed by atoms with Crippen molar-refractivity contribution < 1.29 is 23.1 Å². The molecule has 2 aromatic rings. The molecule has 21 heavy (non-hydrogen) atoms. The normalized spacial score (nSPS) is 12.0. The fraction of sp³-hybridized carbons (Fsp3) is 0.333. The highest BCUT2D eigenvalue weighted by atomic mass is 35.5. The standard InChI is InChI=1S/C12H10ClF3N2O2S/c13-7-2-1-3-8-10(7)18(5-4-12(14,15)16)11(17-8)21-6-9(19)20/h1-3H,4-6H2,(H,19,20). The lowest BCUT2D eigenvalue weighted by atomic mass is 10.3. The van der Waals surface area contributed by atoms with Gasteiger partial charge in [0.1, 0.15) is 0 Å². The lowest BCUT2D eigenvalue weighted by Crippen LogP contribution is -2.13. The van der Waals surface area contributed by atoms with Crippen LogP contribution in [0.2, 0.25) is 5.02 Å². The van der Waals surface area contributed by atoms with Crippen LogP contribution in [0, 0.1) is 0 Å². The molecule has 0 fully saturated rings. The van der Waals surface area contributed by atoms with Crippen LogP contribution in [0.4, 0.5) is 13.2 Å². The second-order valence-corrected chi connectivity index (χ2v) is 5.55. The predicted octanol–water partition coefficient (Wildman–Crippen LogP) is 3.82. The first-order valence-corrected chi connectivity index (χ1v) is 7.20. The zero-order valence-electron chi connectivity index (χ0n) is 10.5. The van der Waals surface area contributed by atoms with Crippen molar-refractivity contribution in [3.8, 4) is 0 Å². The maximum atomic E-state index is 12.4. The number of carbonyl (C=O) groups is 1. The third-order valence-electron chi connectivity index (χ3n) is 2.63. The van der Waals surface area contributed by atoms with Gasteiger partial charge >= 0.3 is 12.1 Å². The predicted molar refractivity (Wildman–Crippen MR) is 73.8 cm³/mol. The van der Waals surface area contributed by atoms with Gasteiger partial charge < -0.3 is 9.67 Å². The molecule has 0 bridgehead atoms. The minimum Gasteiger partial charge on any atom is -0.481 e. The number of carboxylic acid groups (broad SMARTS) is 1. The van der Waals surface area contributed by atoms with Gasteiger partial charge in [0.25, 0.3) is 0 Å². The van der Waals surface area contributed by atoms with E-state index in [0.717, 1.165) is 11.8 Å². The third-order valence-corrected chi connectivity index (χ3v) is 3.89. The number of nitrogens with zero attached hydrogens (tertiary/aromatic N) is 2. The number of aromatic nitrogens is 2. The van der Waals surface area contributed by atoms with Crippen LogP contribution in [-0.4, -0.2) is 32.6 Å². The summed E-state index contributed by atoms with van der Waals surface area (Å²) in [6.45, 7) is -0.355. The van der Waals surface area contributed by atoms with E-state index in [2.05, 4.69) is 4.98 Å². The van der Waals surface area contributed by atoms with Crippen molar-refractivity contribution in [3.63, 3.8) is 0 Å². The second-order valence-electron chi connectivity index (χ2n) is 4.20. The first-order valence-electron chi connectivity index (χ1n) is 5.84. The molecule has 0 aliphatic rings. The van der Waals surface area contributed by atoms with E-state index in [-0.39, 0.29) is 22.5 Å². The van der Waals surface area contributed by atoms with E-state index in [9.17, 15) is 18.0 Å². The Morgan fingerprint density at radius 2 is 2.14 bits per heavy atom.